The Kier molecular flexibility index (Phi) is 20.3. The van der Waals surface area contributed by atoms with E-state index in [1.807, 2.05) is 44.2 Å². The zero-order valence-electron chi connectivity index (χ0n) is 36.2. The zero-order valence-corrected chi connectivity index (χ0v) is 48.9. The van der Waals surface area contributed by atoms with Crippen molar-refractivity contribution >= 4 is 59.5 Å². The third-order valence-corrected chi connectivity index (χ3v) is 15.3. The predicted octanol–water partition coefficient (Wildman–Crippen LogP) is -3.39. The Balaban J connectivity index is 0.00000331. The minimum absolute atomic E-state index is 0. The van der Waals surface area contributed by atoms with Crippen molar-refractivity contribution in [2.45, 2.75) is 106 Å². The minimum Gasteiger partial charge on any atom is -0.748 e. The molecule has 0 saturated carbocycles. The first-order chi connectivity index (χ1) is 26.8. The molecule has 3 heterocycles. The summed E-state index contributed by atoms with van der Waals surface area (Å²) in [7, 11) is -14.0. The second-order valence-electron chi connectivity index (χ2n) is 17.3. The molecule has 1 spiro atoms. The van der Waals surface area contributed by atoms with Gasteiger partial charge in [-0.1, -0.05) is 32.1 Å². The van der Waals surface area contributed by atoms with Crippen LogP contribution in [0.15, 0.2) is 93.4 Å². The molecule has 0 aromatic heterocycles. The quantitative estimate of drug-likeness (QED) is 0.0280. The van der Waals surface area contributed by atoms with Crippen LogP contribution < -0.4 is 164 Å². The molecule has 1 aliphatic carbocycles. The Morgan fingerprint density at radius 2 is 1.57 bits per heavy atom. The Bertz CT molecular complexity index is 2520. The van der Waals surface area contributed by atoms with Gasteiger partial charge in [0.1, 0.15) is 28.0 Å². The number of rotatable bonds is 13. The molecule has 21 heteroatoms. The van der Waals surface area contributed by atoms with Gasteiger partial charge in [-0.25, -0.2) is 29.7 Å². The molecule has 14 nitrogen and oxygen atoms in total. The molecule has 2 aromatic rings. The van der Waals surface area contributed by atoms with E-state index in [0.717, 1.165) is 46.6 Å². The summed E-state index contributed by atoms with van der Waals surface area (Å²) in [5.41, 5.74) is 4.77. The summed E-state index contributed by atoms with van der Waals surface area (Å²) in [6, 6.07) is 9.59. The Morgan fingerprint density at radius 3 is 2.20 bits per heavy atom. The summed E-state index contributed by atoms with van der Waals surface area (Å²) in [5, 5.41) is 12.8. The van der Waals surface area contributed by atoms with Crippen molar-refractivity contribution in [3.63, 3.8) is 0 Å². The fourth-order valence-corrected chi connectivity index (χ4v) is 12.3. The molecule has 3 aliphatic heterocycles. The van der Waals surface area contributed by atoms with Crippen LogP contribution in [0.5, 0.6) is 0 Å². The van der Waals surface area contributed by atoms with Gasteiger partial charge in [0.15, 0.2) is 21.2 Å². The molecule has 61 heavy (non-hydrogen) atoms. The summed E-state index contributed by atoms with van der Waals surface area (Å²) in [5.74, 6) is -0.460. The number of hydrogen-bond acceptors (Lipinski definition) is 13. The van der Waals surface area contributed by atoms with Crippen LogP contribution in [0.3, 0.4) is 0 Å². The maximum Gasteiger partial charge on any atom is 1.00 e. The van der Waals surface area contributed by atoms with E-state index in [2.05, 4.69) is 53.8 Å². The monoisotopic (exact) mass is 993 g/mol. The maximum absolute atomic E-state index is 12.8. The number of quaternary nitrogens is 1. The van der Waals surface area contributed by atoms with Crippen molar-refractivity contribution in [2.75, 3.05) is 18.8 Å². The number of benzene rings is 2. The number of allylic oxidation sites excluding steroid dienone is 8. The first-order valence-corrected chi connectivity index (χ1v) is 24.1. The Morgan fingerprint density at radius 1 is 0.885 bits per heavy atom. The van der Waals surface area contributed by atoms with Gasteiger partial charge < -0.3 is 18.9 Å². The number of nitrogens with zero attached hydrogens (tertiary/aromatic N) is 2. The van der Waals surface area contributed by atoms with Crippen molar-refractivity contribution < 1.29 is 212 Å². The van der Waals surface area contributed by atoms with E-state index in [4.69, 9.17) is 0 Å². The van der Waals surface area contributed by atoms with Crippen molar-refractivity contribution in [2.24, 2.45) is 5.41 Å². The van der Waals surface area contributed by atoms with Gasteiger partial charge in [-0.3, -0.25) is 5.04 Å². The van der Waals surface area contributed by atoms with Crippen LogP contribution in [0.1, 0.15) is 91.2 Å². The van der Waals surface area contributed by atoms with Crippen LogP contribution >= 0.6 is 12.0 Å². The van der Waals surface area contributed by atoms with E-state index in [1.165, 1.54) is 18.2 Å². The van der Waals surface area contributed by atoms with Gasteiger partial charge in [-0.05, 0) is 93.9 Å². The molecule has 2 aromatic carbocycles. The van der Waals surface area contributed by atoms with Gasteiger partial charge in [-0.2, -0.15) is 8.91 Å². The molecule has 4 aliphatic rings. The molecule has 0 radical (unpaired) electrons. The number of fused-ring (bicyclic) bond motifs is 3. The first-order valence-electron chi connectivity index (χ1n) is 18.9. The van der Waals surface area contributed by atoms with Crippen LogP contribution in [-0.2, 0) is 50.6 Å². The van der Waals surface area contributed by atoms with Crippen molar-refractivity contribution in [1.82, 2.24) is 4.48 Å². The fraction of sp³-hybridized carbons (Fsp3) is 0.475. The average Bonchev–Trinajstić information content (AvgIpc) is 3.69. The smallest absolute Gasteiger partial charge is 0.748 e. The van der Waals surface area contributed by atoms with E-state index < -0.39 is 57.2 Å². The van der Waals surface area contributed by atoms with Gasteiger partial charge in [0.05, 0.1) is 44.4 Å². The second-order valence-corrected chi connectivity index (χ2v) is 22.5. The summed E-state index contributed by atoms with van der Waals surface area (Å²) in [6.45, 7) is 12.9. The molecule has 2 unspecified atom stereocenters. The molecule has 1 fully saturated rings. The summed E-state index contributed by atoms with van der Waals surface area (Å²) in [6.07, 6.45) is 12.6. The van der Waals surface area contributed by atoms with Crippen LogP contribution in [0, 0.1) is 5.41 Å². The molecule has 6 rings (SSSR count). The van der Waals surface area contributed by atoms with Crippen molar-refractivity contribution in [3.8, 4) is 0 Å². The van der Waals surface area contributed by atoms with Crippen molar-refractivity contribution in [1.29, 1.82) is 0 Å². The first kappa shape index (κ1) is 57.2. The summed E-state index contributed by atoms with van der Waals surface area (Å²) >= 11 is 0.787. The van der Waals surface area contributed by atoms with Crippen LogP contribution in [-0.4, -0.2) is 73.4 Å². The van der Waals surface area contributed by atoms with Crippen molar-refractivity contribution in [3.05, 3.63) is 94.7 Å². The molecule has 0 amide bonds. The topological polar surface area (TPSA) is 216 Å². The van der Waals surface area contributed by atoms with Gasteiger partial charge in [0, 0.05) is 59.2 Å². The van der Waals surface area contributed by atoms with Crippen LogP contribution in [0.25, 0.3) is 0 Å². The van der Waals surface area contributed by atoms with Crippen LogP contribution in [0.4, 0.5) is 11.4 Å². The van der Waals surface area contributed by atoms with E-state index in [1.54, 1.807) is 6.07 Å². The SMILES string of the molecule is CC1(C)CC(C=CC=C2C(C)(C)c3cc(S(=O)(=O)[O-])ccc3[N+]23CCCC3S(=O)(=O)[O-])=C/C(=C/C2=[N+](CCCCS(=O)(=O)[O-])c3ccc(SOO[O-])cc3C2(C)C)C1.[K+].[K+].[K+]. The van der Waals surface area contributed by atoms with Crippen LogP contribution in [0.2, 0.25) is 0 Å². The molecule has 0 bridgehead atoms. The molecular weight excluding hydrogens is 946 g/mol. The molecule has 316 valence electrons. The van der Waals surface area contributed by atoms with Gasteiger partial charge in [0.25, 0.3) is 0 Å². The molecule has 1 saturated heterocycles. The number of hydrogen-bond donors (Lipinski definition) is 0. The number of unbranched alkanes of at least 4 members (excludes halogenated alkanes) is 1. The van der Waals surface area contributed by atoms with E-state index in [9.17, 15) is 44.2 Å². The third-order valence-electron chi connectivity index (χ3n) is 11.9. The molecular formula is C40H48K3N2O12S4+. The predicted molar refractivity (Wildman–Crippen MR) is 214 cm³/mol. The molecule has 0 N–H and O–H groups in total. The average molecular weight is 994 g/mol. The summed E-state index contributed by atoms with van der Waals surface area (Å²) in [4.78, 5) is 0.224. The summed E-state index contributed by atoms with van der Waals surface area (Å²) < 4.78 is 115. The van der Waals surface area contributed by atoms with Gasteiger partial charge >= 0.3 is 154 Å². The minimum atomic E-state index is -4.81. The van der Waals surface area contributed by atoms with Gasteiger partial charge in [-0.15, -0.1) is 0 Å². The molecule has 2 atom stereocenters. The Hall–Kier alpha value is 1.90. The Labute approximate surface area is 492 Å². The third kappa shape index (κ3) is 12.6. The van der Waals surface area contributed by atoms with E-state index >= 15 is 0 Å². The standard InChI is InChI=1S/C40H50N2O12S4.3K/c1-38(2)25-27(11-9-12-36-40(5,6)32-24-30(57(47,48)49)15-17-34(32)42(36)19-10-13-37(42)58(50,51)52)21-28(26-38)22-35-39(3,4)31-23-29(55-54-53-43)14-16-33(31)41(35)18-7-8-20-56(44,45)46;;;/h9,11-12,14-17,21-24,37H,7-8,10,13,18-20,25-26H2,1-6H3,(H2-2,43,44,45,46,47,48,49,50,51,52);;;/q;3*+1/p-2/b11-9?,28-22-,36-12?;;;. The second kappa shape index (κ2) is 21.7. The zero-order chi connectivity index (χ0) is 42.7. The normalized spacial score (nSPS) is 24.0. The maximum atomic E-state index is 12.8. The fourth-order valence-electron chi connectivity index (χ4n) is 9.58. The largest absolute Gasteiger partial charge is 1.00 e. The van der Waals surface area contributed by atoms with E-state index in [0.29, 0.717) is 54.2 Å². The van der Waals surface area contributed by atoms with E-state index in [-0.39, 0.29) is 177 Å². The van der Waals surface area contributed by atoms with Gasteiger partial charge in [0.2, 0.25) is 5.69 Å².